The Labute approximate surface area is 134 Å². The smallest absolute Gasteiger partial charge is 0.371 e. The van der Waals surface area contributed by atoms with Crippen LogP contribution in [0, 0.1) is 0 Å². The first-order valence-corrected chi connectivity index (χ1v) is 10.1. The molecule has 0 radical (unpaired) electrons. The van der Waals surface area contributed by atoms with Gasteiger partial charge in [-0.05, 0) is 30.5 Å². The molecule has 0 bridgehead atoms. The van der Waals surface area contributed by atoms with Gasteiger partial charge in [0.2, 0.25) is 0 Å². The van der Waals surface area contributed by atoms with Crippen LogP contribution in [0.25, 0.3) is 0 Å². The zero-order valence-corrected chi connectivity index (χ0v) is 15.1. The van der Waals surface area contributed by atoms with Crippen LogP contribution in [0.3, 0.4) is 0 Å². The van der Waals surface area contributed by atoms with Crippen LogP contribution < -0.4 is 0 Å². The van der Waals surface area contributed by atoms with Crippen molar-refractivity contribution in [3.8, 4) is 5.75 Å². The van der Waals surface area contributed by atoms with Crippen molar-refractivity contribution in [2.24, 2.45) is 0 Å². The van der Waals surface area contributed by atoms with Crippen LogP contribution in [0.4, 0.5) is 0 Å². The minimum Gasteiger partial charge on any atom is -0.508 e. The number of ether oxygens (including phenoxy) is 1. The third kappa shape index (κ3) is 2.60. The van der Waals surface area contributed by atoms with Crippen molar-refractivity contribution in [2.45, 2.75) is 49.8 Å². The second-order valence-electron chi connectivity index (χ2n) is 6.01. The molecular weight excluding hydrogens is 296 g/mol. The largest absolute Gasteiger partial charge is 0.508 e. The van der Waals surface area contributed by atoms with Crippen LogP contribution >= 0.6 is 0 Å². The number of para-hydroxylation sites is 1. The molecule has 1 aliphatic rings. The molecule has 1 aromatic rings. The Morgan fingerprint density at radius 1 is 1.23 bits per heavy atom. The fourth-order valence-corrected chi connectivity index (χ4v) is 8.34. The molecule has 0 aliphatic carbocycles. The lowest BCUT2D eigenvalue weighted by Crippen LogP contribution is -2.67. The minimum absolute atomic E-state index is 0.0963. The summed E-state index contributed by atoms with van der Waals surface area (Å²) in [5.74, 6) is 0.431. The van der Waals surface area contributed by atoms with E-state index in [9.17, 15) is 5.11 Å². The van der Waals surface area contributed by atoms with Crippen LogP contribution in [0.1, 0.15) is 44.1 Å². The summed E-state index contributed by atoms with van der Waals surface area (Å²) < 4.78 is 18.1. The van der Waals surface area contributed by atoms with Crippen molar-refractivity contribution >= 4 is 8.56 Å². The number of aromatic hydroxyl groups is 1. The molecule has 1 saturated heterocycles. The molecule has 5 heteroatoms. The van der Waals surface area contributed by atoms with Gasteiger partial charge < -0.3 is 18.7 Å². The lowest BCUT2D eigenvalue weighted by Gasteiger charge is -2.52. The maximum Gasteiger partial charge on any atom is 0.371 e. The van der Waals surface area contributed by atoms with Gasteiger partial charge in [0.25, 0.3) is 0 Å². The minimum atomic E-state index is -2.53. The fraction of sp³-hybridized carbons (Fsp3) is 0.647. The first-order valence-electron chi connectivity index (χ1n) is 8.04. The average molecular weight is 324 g/mol. The Balaban J connectivity index is 2.57. The summed E-state index contributed by atoms with van der Waals surface area (Å²) in [4.78, 5) is 0. The number of hydrogen-bond acceptors (Lipinski definition) is 4. The lowest BCUT2D eigenvalue weighted by atomic mass is 9.85. The molecule has 1 aromatic carbocycles. The van der Waals surface area contributed by atoms with Crippen LogP contribution in [-0.2, 0) is 13.6 Å². The van der Waals surface area contributed by atoms with E-state index in [4.69, 9.17) is 13.6 Å². The molecule has 124 valence electrons. The number of phenols is 1. The standard InChI is InChI=1S/C17H28O4Si/c1-5-12-17(19-2)15(14-9-6-7-11-16(14)18)10-8-13-22(17,20-3)21-4/h6-7,9,11,15,18H,5,8,10,12-13H2,1-4H3. The molecule has 0 amide bonds. The maximum atomic E-state index is 10.4. The van der Waals surface area contributed by atoms with Gasteiger partial charge in [0.15, 0.2) is 0 Å². The van der Waals surface area contributed by atoms with Crippen LogP contribution in [-0.4, -0.2) is 40.2 Å². The van der Waals surface area contributed by atoms with E-state index < -0.39 is 13.8 Å². The van der Waals surface area contributed by atoms with E-state index >= 15 is 0 Å². The third-order valence-corrected chi connectivity index (χ3v) is 9.59. The quantitative estimate of drug-likeness (QED) is 0.810. The van der Waals surface area contributed by atoms with E-state index in [1.165, 1.54) is 0 Å². The summed E-state index contributed by atoms with van der Waals surface area (Å²) in [5.41, 5.74) is 0.948. The van der Waals surface area contributed by atoms with E-state index in [-0.39, 0.29) is 5.92 Å². The Morgan fingerprint density at radius 2 is 1.91 bits per heavy atom. The van der Waals surface area contributed by atoms with Crippen molar-refractivity contribution in [1.29, 1.82) is 0 Å². The van der Waals surface area contributed by atoms with Crippen LogP contribution in [0.5, 0.6) is 5.75 Å². The Kier molecular flexibility index (Phi) is 5.66. The Morgan fingerprint density at radius 3 is 2.45 bits per heavy atom. The van der Waals surface area contributed by atoms with Crippen molar-refractivity contribution in [2.75, 3.05) is 21.3 Å². The predicted octanol–water partition coefficient (Wildman–Crippen LogP) is 3.73. The molecule has 2 atom stereocenters. The Hall–Kier alpha value is -0.883. The normalized spacial score (nSPS) is 27.7. The number of benzene rings is 1. The summed E-state index contributed by atoms with van der Waals surface area (Å²) >= 11 is 0. The van der Waals surface area contributed by atoms with Gasteiger partial charge in [0.05, 0.1) is 0 Å². The molecule has 22 heavy (non-hydrogen) atoms. The SMILES string of the molecule is CCCC1(OC)C(c2ccccc2O)CCC[Si]1(OC)OC. The summed E-state index contributed by atoms with van der Waals surface area (Å²) in [5, 5.41) is 9.88. The number of methoxy groups -OCH3 is 1. The van der Waals surface area contributed by atoms with Crippen LogP contribution in [0.2, 0.25) is 6.04 Å². The monoisotopic (exact) mass is 324 g/mol. The second kappa shape index (κ2) is 7.13. The molecule has 1 heterocycles. The van der Waals surface area contributed by atoms with Crippen molar-refractivity contribution in [1.82, 2.24) is 0 Å². The van der Waals surface area contributed by atoms with E-state index in [1.54, 1.807) is 27.4 Å². The molecule has 0 aromatic heterocycles. The molecule has 1 fully saturated rings. The number of phenolic OH excluding ortho intramolecular Hbond substituents is 1. The molecule has 2 unspecified atom stereocenters. The molecule has 2 rings (SSSR count). The van der Waals surface area contributed by atoms with Crippen molar-refractivity contribution in [3.05, 3.63) is 29.8 Å². The van der Waals surface area contributed by atoms with E-state index in [1.807, 2.05) is 18.2 Å². The topological polar surface area (TPSA) is 47.9 Å². The molecular formula is C17H28O4Si. The van der Waals surface area contributed by atoms with Gasteiger partial charge in [-0.3, -0.25) is 0 Å². The zero-order chi connectivity index (χ0) is 16.2. The molecule has 1 aliphatic heterocycles. The third-order valence-electron chi connectivity index (χ3n) is 5.16. The van der Waals surface area contributed by atoms with Gasteiger partial charge >= 0.3 is 8.56 Å². The lowest BCUT2D eigenvalue weighted by molar-refractivity contribution is -0.0306. The number of hydrogen-bond donors (Lipinski definition) is 1. The number of rotatable bonds is 6. The summed E-state index contributed by atoms with van der Waals surface area (Å²) in [6.45, 7) is 2.15. The van der Waals surface area contributed by atoms with Gasteiger partial charge in [-0.1, -0.05) is 38.0 Å². The molecule has 0 saturated carbocycles. The zero-order valence-electron chi connectivity index (χ0n) is 14.1. The first-order chi connectivity index (χ1) is 10.6. The van der Waals surface area contributed by atoms with E-state index in [2.05, 4.69) is 6.92 Å². The fourth-order valence-electron chi connectivity index (χ4n) is 4.21. The van der Waals surface area contributed by atoms with Crippen LogP contribution in [0.15, 0.2) is 24.3 Å². The van der Waals surface area contributed by atoms with E-state index in [0.29, 0.717) is 5.75 Å². The second-order valence-corrected chi connectivity index (χ2v) is 9.68. The van der Waals surface area contributed by atoms with E-state index in [0.717, 1.165) is 37.3 Å². The highest BCUT2D eigenvalue weighted by Gasteiger charge is 2.63. The van der Waals surface area contributed by atoms with Gasteiger partial charge in [-0.25, -0.2) is 0 Å². The molecule has 1 N–H and O–H groups in total. The summed E-state index contributed by atoms with van der Waals surface area (Å²) in [6.07, 6.45) is 3.87. The predicted molar refractivity (Wildman–Crippen MR) is 89.3 cm³/mol. The highest BCUT2D eigenvalue weighted by atomic mass is 28.4. The Bertz CT molecular complexity index is 489. The molecule has 0 spiro atoms. The van der Waals surface area contributed by atoms with Crippen molar-refractivity contribution in [3.63, 3.8) is 0 Å². The summed E-state index contributed by atoms with van der Waals surface area (Å²) in [7, 11) is 2.71. The van der Waals surface area contributed by atoms with Gasteiger partial charge in [-0.2, -0.15) is 0 Å². The maximum absolute atomic E-state index is 10.4. The van der Waals surface area contributed by atoms with Gasteiger partial charge in [0.1, 0.15) is 11.0 Å². The summed E-state index contributed by atoms with van der Waals surface area (Å²) in [6, 6.07) is 8.50. The van der Waals surface area contributed by atoms with Gasteiger partial charge in [0, 0.05) is 27.2 Å². The van der Waals surface area contributed by atoms with Crippen molar-refractivity contribution < 1.29 is 18.7 Å². The highest BCUT2D eigenvalue weighted by Crippen LogP contribution is 2.52. The van der Waals surface area contributed by atoms with Gasteiger partial charge in [-0.15, -0.1) is 0 Å². The average Bonchev–Trinajstić information content (AvgIpc) is 2.56. The first kappa shape index (κ1) is 17.5. The molecule has 4 nitrogen and oxygen atoms in total. The highest BCUT2D eigenvalue weighted by molar-refractivity contribution is 6.71.